The Kier molecular flexibility index (Phi) is 6.32. The van der Waals surface area contributed by atoms with E-state index in [1.165, 1.54) is 0 Å². The molecular weight excluding hydrogens is 246 g/mol. The van der Waals surface area contributed by atoms with Gasteiger partial charge in [0.2, 0.25) is 0 Å². The van der Waals surface area contributed by atoms with Gasteiger partial charge in [-0.25, -0.2) is 0 Å². The van der Waals surface area contributed by atoms with Crippen LogP contribution in [0.25, 0.3) is 0 Å². The molecular formula is C14H21NO4. The molecule has 5 heteroatoms. The number of ether oxygens (including phenoxy) is 2. The highest BCUT2D eigenvalue weighted by molar-refractivity contribution is 5.77. The molecule has 19 heavy (non-hydrogen) atoms. The number of hydrogen-bond acceptors (Lipinski definition) is 4. The monoisotopic (exact) mass is 267 g/mol. The summed E-state index contributed by atoms with van der Waals surface area (Å²) in [5.41, 5.74) is 0.755. The van der Waals surface area contributed by atoms with E-state index in [9.17, 15) is 9.90 Å². The summed E-state index contributed by atoms with van der Waals surface area (Å²) >= 11 is 0. The summed E-state index contributed by atoms with van der Waals surface area (Å²) in [6.45, 7) is 3.94. The molecule has 0 aliphatic heterocycles. The molecule has 106 valence electrons. The van der Waals surface area contributed by atoms with Gasteiger partial charge in [0.15, 0.2) is 6.61 Å². The van der Waals surface area contributed by atoms with Gasteiger partial charge >= 0.3 is 0 Å². The summed E-state index contributed by atoms with van der Waals surface area (Å²) < 4.78 is 10.3. The highest BCUT2D eigenvalue weighted by Gasteiger charge is 2.08. The van der Waals surface area contributed by atoms with Crippen LogP contribution in [0.15, 0.2) is 24.3 Å². The van der Waals surface area contributed by atoms with Crippen molar-refractivity contribution >= 4 is 5.91 Å². The van der Waals surface area contributed by atoms with Crippen LogP contribution < -0.4 is 10.1 Å². The fraction of sp³-hybridized carbons (Fsp3) is 0.500. The standard InChI is InChI=1S/C14H21NO4/c1-10(8-18-3)15-14(17)9-19-13-6-4-5-12(7-13)11(2)16/h4-7,10-11,16H,8-9H2,1-3H3,(H,15,17)/t10?,11-/m1/s1. The molecule has 0 aromatic heterocycles. The number of benzene rings is 1. The first-order chi connectivity index (χ1) is 9.02. The molecule has 0 radical (unpaired) electrons. The Bertz CT molecular complexity index is 406. The normalized spacial score (nSPS) is 13.7. The van der Waals surface area contributed by atoms with Crippen LogP contribution in [0.2, 0.25) is 0 Å². The molecule has 0 spiro atoms. The predicted molar refractivity (Wildman–Crippen MR) is 72.1 cm³/mol. The molecule has 0 saturated carbocycles. The maximum atomic E-state index is 11.6. The molecule has 1 unspecified atom stereocenters. The third kappa shape index (κ3) is 5.72. The van der Waals surface area contributed by atoms with E-state index in [4.69, 9.17) is 9.47 Å². The van der Waals surface area contributed by atoms with E-state index < -0.39 is 6.10 Å². The van der Waals surface area contributed by atoms with Gasteiger partial charge in [0, 0.05) is 13.2 Å². The van der Waals surface area contributed by atoms with Crippen molar-refractivity contribution in [1.82, 2.24) is 5.32 Å². The van der Waals surface area contributed by atoms with Crippen LogP contribution in [0.4, 0.5) is 0 Å². The van der Waals surface area contributed by atoms with Gasteiger partial charge in [-0.05, 0) is 31.5 Å². The van der Waals surface area contributed by atoms with Crippen LogP contribution >= 0.6 is 0 Å². The molecule has 1 aromatic rings. The van der Waals surface area contributed by atoms with Gasteiger partial charge in [0.1, 0.15) is 5.75 Å². The molecule has 1 amide bonds. The minimum Gasteiger partial charge on any atom is -0.484 e. The van der Waals surface area contributed by atoms with E-state index in [0.717, 1.165) is 5.56 Å². The maximum Gasteiger partial charge on any atom is 0.258 e. The lowest BCUT2D eigenvalue weighted by molar-refractivity contribution is -0.124. The van der Waals surface area contributed by atoms with Crippen LogP contribution in [0, 0.1) is 0 Å². The fourth-order valence-corrected chi connectivity index (χ4v) is 1.62. The Morgan fingerprint density at radius 2 is 2.16 bits per heavy atom. The van der Waals surface area contributed by atoms with Crippen molar-refractivity contribution in [3.05, 3.63) is 29.8 Å². The zero-order valence-electron chi connectivity index (χ0n) is 11.6. The van der Waals surface area contributed by atoms with Crippen molar-refractivity contribution in [1.29, 1.82) is 0 Å². The number of hydrogen-bond donors (Lipinski definition) is 2. The van der Waals surface area contributed by atoms with Gasteiger partial charge in [0.25, 0.3) is 5.91 Å². The third-order valence-electron chi connectivity index (χ3n) is 2.53. The number of rotatable bonds is 7. The second kappa shape index (κ2) is 7.76. The molecule has 0 saturated heterocycles. The van der Waals surface area contributed by atoms with E-state index in [-0.39, 0.29) is 18.6 Å². The van der Waals surface area contributed by atoms with Crippen molar-refractivity contribution in [2.45, 2.75) is 26.0 Å². The smallest absolute Gasteiger partial charge is 0.258 e. The van der Waals surface area contributed by atoms with Gasteiger partial charge in [-0.2, -0.15) is 0 Å². The lowest BCUT2D eigenvalue weighted by Crippen LogP contribution is -2.38. The Morgan fingerprint density at radius 3 is 2.79 bits per heavy atom. The number of amides is 1. The average molecular weight is 267 g/mol. The van der Waals surface area contributed by atoms with Crippen LogP contribution in [0.5, 0.6) is 5.75 Å². The SMILES string of the molecule is COCC(C)NC(=O)COc1cccc([C@@H](C)O)c1. The molecule has 1 aromatic carbocycles. The largest absolute Gasteiger partial charge is 0.484 e. The number of methoxy groups -OCH3 is 1. The number of aliphatic hydroxyl groups is 1. The highest BCUT2D eigenvalue weighted by atomic mass is 16.5. The van der Waals surface area contributed by atoms with Crippen molar-refractivity contribution in [3.63, 3.8) is 0 Å². The Balaban J connectivity index is 2.43. The minimum atomic E-state index is -0.556. The molecule has 2 N–H and O–H groups in total. The molecule has 0 aliphatic rings. The molecule has 0 heterocycles. The fourth-order valence-electron chi connectivity index (χ4n) is 1.62. The van der Waals surface area contributed by atoms with Crippen molar-refractivity contribution in [3.8, 4) is 5.75 Å². The number of aliphatic hydroxyl groups excluding tert-OH is 1. The first kappa shape index (κ1) is 15.5. The van der Waals surface area contributed by atoms with Crippen LogP contribution in [0.1, 0.15) is 25.5 Å². The third-order valence-corrected chi connectivity index (χ3v) is 2.53. The zero-order chi connectivity index (χ0) is 14.3. The van der Waals surface area contributed by atoms with E-state index in [1.807, 2.05) is 6.92 Å². The molecule has 0 fully saturated rings. The quantitative estimate of drug-likeness (QED) is 0.780. The Hall–Kier alpha value is -1.59. The number of nitrogens with one attached hydrogen (secondary N) is 1. The summed E-state index contributed by atoms with van der Waals surface area (Å²) in [4.78, 5) is 11.6. The Labute approximate surface area is 113 Å². The zero-order valence-corrected chi connectivity index (χ0v) is 11.6. The van der Waals surface area contributed by atoms with Crippen molar-refractivity contribution in [2.75, 3.05) is 20.3 Å². The van der Waals surface area contributed by atoms with E-state index in [0.29, 0.717) is 12.4 Å². The van der Waals surface area contributed by atoms with Crippen molar-refractivity contribution < 1.29 is 19.4 Å². The summed E-state index contributed by atoms with van der Waals surface area (Å²) in [5.74, 6) is 0.361. The maximum absolute atomic E-state index is 11.6. The van der Waals surface area contributed by atoms with Crippen LogP contribution in [-0.4, -0.2) is 37.4 Å². The first-order valence-electron chi connectivity index (χ1n) is 6.22. The molecule has 0 bridgehead atoms. The average Bonchev–Trinajstić information content (AvgIpc) is 2.37. The van der Waals surface area contributed by atoms with Crippen LogP contribution in [0.3, 0.4) is 0 Å². The Morgan fingerprint density at radius 1 is 1.42 bits per heavy atom. The second-order valence-corrected chi connectivity index (χ2v) is 4.46. The van der Waals surface area contributed by atoms with Gasteiger partial charge in [-0.1, -0.05) is 12.1 Å². The molecule has 5 nitrogen and oxygen atoms in total. The van der Waals surface area contributed by atoms with E-state index in [1.54, 1.807) is 38.3 Å². The summed E-state index contributed by atoms with van der Waals surface area (Å²) in [7, 11) is 1.58. The van der Waals surface area contributed by atoms with Gasteiger partial charge in [-0.3, -0.25) is 4.79 Å². The molecule has 1 rings (SSSR count). The number of carbonyl (C=O) groups excluding carboxylic acids is 1. The molecule has 2 atom stereocenters. The van der Waals surface area contributed by atoms with Gasteiger partial charge < -0.3 is 19.9 Å². The van der Waals surface area contributed by atoms with Gasteiger partial charge in [0.05, 0.1) is 12.7 Å². The second-order valence-electron chi connectivity index (χ2n) is 4.46. The first-order valence-corrected chi connectivity index (χ1v) is 6.22. The summed E-state index contributed by atoms with van der Waals surface area (Å²) in [6.07, 6.45) is -0.556. The topological polar surface area (TPSA) is 67.8 Å². The van der Waals surface area contributed by atoms with Crippen LogP contribution in [-0.2, 0) is 9.53 Å². The van der Waals surface area contributed by atoms with Crippen molar-refractivity contribution in [2.24, 2.45) is 0 Å². The van der Waals surface area contributed by atoms with Gasteiger partial charge in [-0.15, -0.1) is 0 Å². The number of carbonyl (C=O) groups is 1. The minimum absolute atomic E-state index is 0.0510. The van der Waals surface area contributed by atoms with E-state index in [2.05, 4.69) is 5.32 Å². The summed E-state index contributed by atoms with van der Waals surface area (Å²) in [5, 5.41) is 12.2. The lowest BCUT2D eigenvalue weighted by Gasteiger charge is -2.13. The predicted octanol–water partition coefficient (Wildman–Crippen LogP) is 1.27. The summed E-state index contributed by atoms with van der Waals surface area (Å²) in [6, 6.07) is 7.00. The highest BCUT2D eigenvalue weighted by Crippen LogP contribution is 2.18. The van der Waals surface area contributed by atoms with E-state index >= 15 is 0 Å². The molecule has 0 aliphatic carbocycles. The lowest BCUT2D eigenvalue weighted by atomic mass is 10.1.